The summed E-state index contributed by atoms with van der Waals surface area (Å²) in [7, 11) is 0. The number of carbonyl (C=O) groups is 1. The maximum Gasteiger partial charge on any atom is 0.205 e. The molecule has 0 amide bonds. The van der Waals surface area contributed by atoms with E-state index in [0.29, 0.717) is 4.88 Å². The zero-order valence-electron chi connectivity index (χ0n) is 9.35. The van der Waals surface area contributed by atoms with Crippen LogP contribution < -0.4 is 0 Å². The molecular weight excluding hydrogens is 246 g/mol. The number of allylic oxidation sites excluding steroid dienone is 1. The number of carbonyl (C=O) groups excluding carboxylic acids is 1. The number of nitrogens with zero attached hydrogens (tertiary/aromatic N) is 3. The first kappa shape index (κ1) is 12.1. The Labute approximate surface area is 108 Å². The van der Waals surface area contributed by atoms with Gasteiger partial charge in [0.2, 0.25) is 5.78 Å². The minimum atomic E-state index is -0.258. The Morgan fingerprint density at radius 3 is 2.61 bits per heavy atom. The van der Waals surface area contributed by atoms with Crippen LogP contribution >= 0.6 is 11.3 Å². The molecule has 0 bridgehead atoms. The van der Waals surface area contributed by atoms with Gasteiger partial charge in [-0.2, -0.15) is 0 Å². The molecule has 2 rings (SSSR count). The van der Waals surface area contributed by atoms with E-state index >= 15 is 0 Å². The van der Waals surface area contributed by atoms with E-state index in [2.05, 4.69) is 10.0 Å². The Morgan fingerprint density at radius 2 is 2.00 bits per heavy atom. The number of Topliss-reactive ketones (excluding diaryl/α,β-unsaturated/α-hetero) is 1. The fraction of sp³-hybridized carbons (Fsp3) is 0. The molecule has 5 heteroatoms. The summed E-state index contributed by atoms with van der Waals surface area (Å²) in [5.74, 6) is -0.258. The molecule has 0 saturated heterocycles. The molecule has 0 unspecified atom stereocenters. The fourth-order valence-corrected chi connectivity index (χ4v) is 2.10. The molecule has 2 aromatic rings. The van der Waals surface area contributed by atoms with Crippen molar-refractivity contribution in [3.8, 4) is 0 Å². The van der Waals surface area contributed by atoms with Crippen molar-refractivity contribution >= 4 is 23.2 Å². The molecule has 88 valence electrons. The summed E-state index contributed by atoms with van der Waals surface area (Å²) in [6, 6.07) is 12.8. The predicted octanol–water partition coefficient (Wildman–Crippen LogP) is 4.28. The van der Waals surface area contributed by atoms with Crippen molar-refractivity contribution in [3.63, 3.8) is 0 Å². The zero-order chi connectivity index (χ0) is 12.8. The van der Waals surface area contributed by atoms with E-state index in [4.69, 9.17) is 5.53 Å². The van der Waals surface area contributed by atoms with Crippen LogP contribution in [0.2, 0.25) is 0 Å². The van der Waals surface area contributed by atoms with Crippen molar-refractivity contribution in [2.75, 3.05) is 0 Å². The first-order valence-corrected chi connectivity index (χ1v) is 6.09. The molecule has 1 aromatic carbocycles. The van der Waals surface area contributed by atoms with Gasteiger partial charge in [0.05, 0.1) is 10.6 Å². The number of thiophene rings is 1. The van der Waals surface area contributed by atoms with Crippen LogP contribution in [0.3, 0.4) is 0 Å². The summed E-state index contributed by atoms with van der Waals surface area (Å²) in [6.45, 7) is 0. The highest BCUT2D eigenvalue weighted by atomic mass is 32.1. The van der Waals surface area contributed by atoms with Crippen LogP contribution in [0.5, 0.6) is 0 Å². The van der Waals surface area contributed by atoms with Crippen molar-refractivity contribution < 1.29 is 4.79 Å². The average Bonchev–Trinajstić information content (AvgIpc) is 2.92. The second-order valence-corrected chi connectivity index (χ2v) is 4.38. The molecule has 0 N–H and O–H groups in total. The van der Waals surface area contributed by atoms with Gasteiger partial charge < -0.3 is 0 Å². The van der Waals surface area contributed by atoms with Gasteiger partial charge >= 0.3 is 0 Å². The molecular formula is C13H9N3OS. The molecule has 0 spiro atoms. The Kier molecular flexibility index (Phi) is 3.91. The SMILES string of the molecule is [N-]=[N+]=N/C(=C\c1ccccc1)C(=O)c1cccs1. The van der Waals surface area contributed by atoms with E-state index in [9.17, 15) is 4.79 Å². The predicted molar refractivity (Wildman–Crippen MR) is 72.2 cm³/mol. The quantitative estimate of drug-likeness (QED) is 0.264. The second-order valence-electron chi connectivity index (χ2n) is 3.44. The van der Waals surface area contributed by atoms with Gasteiger partial charge in [-0.3, -0.25) is 4.79 Å². The van der Waals surface area contributed by atoms with Crippen molar-refractivity contribution in [1.82, 2.24) is 0 Å². The minimum absolute atomic E-state index is 0.103. The number of hydrogen-bond acceptors (Lipinski definition) is 3. The Balaban J connectivity index is 2.38. The minimum Gasteiger partial charge on any atom is -0.288 e. The molecule has 1 heterocycles. The smallest absolute Gasteiger partial charge is 0.205 e. The molecule has 0 aliphatic carbocycles. The van der Waals surface area contributed by atoms with Crippen LogP contribution in [-0.2, 0) is 0 Å². The summed E-state index contributed by atoms with van der Waals surface area (Å²) in [5.41, 5.74) is 9.46. The maximum absolute atomic E-state index is 12.1. The summed E-state index contributed by atoms with van der Waals surface area (Å²) in [5, 5.41) is 5.28. The van der Waals surface area contributed by atoms with E-state index < -0.39 is 0 Å². The van der Waals surface area contributed by atoms with Crippen molar-refractivity contribution in [3.05, 3.63) is 74.4 Å². The summed E-state index contributed by atoms with van der Waals surface area (Å²) >= 11 is 1.32. The lowest BCUT2D eigenvalue weighted by Gasteiger charge is -1.98. The fourth-order valence-electron chi connectivity index (χ4n) is 1.43. The molecule has 0 radical (unpaired) electrons. The highest BCUT2D eigenvalue weighted by Crippen LogP contribution is 2.17. The van der Waals surface area contributed by atoms with Gasteiger partial charge in [0.25, 0.3) is 0 Å². The lowest BCUT2D eigenvalue weighted by molar-refractivity contribution is 0.103. The zero-order valence-corrected chi connectivity index (χ0v) is 10.2. The number of benzene rings is 1. The second kappa shape index (κ2) is 5.82. The summed E-state index contributed by atoms with van der Waals surface area (Å²) in [4.78, 5) is 15.3. The van der Waals surface area contributed by atoms with Crippen LogP contribution in [0.4, 0.5) is 0 Å². The Hall–Kier alpha value is -2.36. The average molecular weight is 255 g/mol. The molecule has 0 aliphatic rings. The monoisotopic (exact) mass is 255 g/mol. The highest BCUT2D eigenvalue weighted by molar-refractivity contribution is 7.12. The maximum atomic E-state index is 12.1. The Morgan fingerprint density at radius 1 is 1.22 bits per heavy atom. The van der Waals surface area contributed by atoms with E-state index in [1.165, 1.54) is 11.3 Å². The standard InChI is InChI=1S/C13H9N3OS/c14-16-15-11(9-10-5-2-1-3-6-10)13(17)12-7-4-8-18-12/h1-9H/b11-9-. The van der Waals surface area contributed by atoms with E-state index in [-0.39, 0.29) is 11.5 Å². The van der Waals surface area contributed by atoms with Crippen molar-refractivity contribution in [2.45, 2.75) is 0 Å². The number of hydrogen-bond donors (Lipinski definition) is 0. The van der Waals surface area contributed by atoms with Crippen LogP contribution in [-0.4, -0.2) is 5.78 Å². The number of azide groups is 1. The largest absolute Gasteiger partial charge is 0.288 e. The van der Waals surface area contributed by atoms with Crippen LogP contribution in [0, 0.1) is 0 Å². The van der Waals surface area contributed by atoms with Crippen LogP contribution in [0.15, 0.2) is 58.7 Å². The van der Waals surface area contributed by atoms with Gasteiger partial charge in [0, 0.05) is 4.91 Å². The summed E-state index contributed by atoms with van der Waals surface area (Å²) in [6.07, 6.45) is 1.59. The lowest BCUT2D eigenvalue weighted by Crippen LogP contribution is -1.98. The summed E-state index contributed by atoms with van der Waals surface area (Å²) < 4.78 is 0. The van der Waals surface area contributed by atoms with E-state index in [1.807, 2.05) is 35.7 Å². The lowest BCUT2D eigenvalue weighted by atomic mass is 10.1. The van der Waals surface area contributed by atoms with Crippen molar-refractivity contribution in [1.29, 1.82) is 0 Å². The number of ketones is 1. The van der Waals surface area contributed by atoms with Crippen molar-refractivity contribution in [2.24, 2.45) is 5.11 Å². The molecule has 1 aromatic heterocycles. The first-order valence-electron chi connectivity index (χ1n) is 5.21. The van der Waals surface area contributed by atoms with Gasteiger partial charge in [-0.1, -0.05) is 41.5 Å². The highest BCUT2D eigenvalue weighted by Gasteiger charge is 2.11. The molecule has 0 saturated carbocycles. The van der Waals surface area contributed by atoms with Crippen LogP contribution in [0.1, 0.15) is 15.2 Å². The van der Waals surface area contributed by atoms with Crippen LogP contribution in [0.25, 0.3) is 16.5 Å². The molecule has 0 fully saturated rings. The van der Waals surface area contributed by atoms with Gasteiger partial charge in [0.1, 0.15) is 0 Å². The third-order valence-corrected chi connectivity index (χ3v) is 3.10. The number of rotatable bonds is 4. The molecule has 0 atom stereocenters. The van der Waals surface area contributed by atoms with Gasteiger partial charge in [-0.15, -0.1) is 11.3 Å². The molecule has 0 aliphatic heterocycles. The van der Waals surface area contributed by atoms with E-state index in [1.54, 1.807) is 18.2 Å². The Bertz CT molecular complexity index is 611. The molecule has 18 heavy (non-hydrogen) atoms. The topological polar surface area (TPSA) is 65.8 Å². The molecule has 4 nitrogen and oxygen atoms in total. The van der Waals surface area contributed by atoms with Gasteiger partial charge in [0.15, 0.2) is 0 Å². The van der Waals surface area contributed by atoms with E-state index in [0.717, 1.165) is 5.56 Å². The third-order valence-electron chi connectivity index (χ3n) is 2.23. The van der Waals surface area contributed by atoms with Gasteiger partial charge in [-0.25, -0.2) is 0 Å². The van der Waals surface area contributed by atoms with Gasteiger partial charge in [-0.05, 0) is 28.6 Å². The first-order chi connectivity index (χ1) is 8.81. The third kappa shape index (κ3) is 2.85. The normalized spacial score (nSPS) is 10.8.